The number of imidazole rings is 1. The first-order valence-corrected chi connectivity index (χ1v) is 3.85. The van der Waals surface area contributed by atoms with Crippen molar-refractivity contribution in [1.29, 1.82) is 0 Å². The molecule has 0 unspecified atom stereocenters. The SMILES string of the molecule is Cc1ccc[nH]1.Cc1ncc[nH]1. The van der Waals surface area contributed by atoms with Crippen molar-refractivity contribution in [3.63, 3.8) is 0 Å². The van der Waals surface area contributed by atoms with Crippen LogP contribution in [0.4, 0.5) is 0 Å². The Labute approximate surface area is 71.9 Å². The molecule has 2 rings (SSSR count). The van der Waals surface area contributed by atoms with E-state index in [0.717, 1.165) is 5.82 Å². The number of hydrogen-bond acceptors (Lipinski definition) is 1. The number of aromatic nitrogens is 3. The zero-order valence-corrected chi connectivity index (χ0v) is 7.33. The molecule has 2 N–H and O–H groups in total. The van der Waals surface area contributed by atoms with Crippen LogP contribution in [0.3, 0.4) is 0 Å². The Hall–Kier alpha value is -1.51. The third-order valence-corrected chi connectivity index (χ3v) is 1.39. The average molecular weight is 163 g/mol. The predicted molar refractivity (Wildman–Crippen MR) is 48.9 cm³/mol. The molecule has 2 aromatic heterocycles. The van der Waals surface area contributed by atoms with Crippen LogP contribution in [0.25, 0.3) is 0 Å². The van der Waals surface area contributed by atoms with Crippen molar-refractivity contribution < 1.29 is 0 Å². The van der Waals surface area contributed by atoms with Gasteiger partial charge >= 0.3 is 0 Å². The summed E-state index contributed by atoms with van der Waals surface area (Å²) in [5.74, 6) is 0.968. The largest absolute Gasteiger partial charge is 0.365 e. The van der Waals surface area contributed by atoms with Gasteiger partial charge in [0.1, 0.15) is 5.82 Å². The van der Waals surface area contributed by atoms with E-state index >= 15 is 0 Å². The van der Waals surface area contributed by atoms with Gasteiger partial charge in [-0.15, -0.1) is 0 Å². The van der Waals surface area contributed by atoms with Gasteiger partial charge in [0.05, 0.1) is 0 Å². The molecule has 0 saturated heterocycles. The smallest absolute Gasteiger partial charge is 0.102 e. The first-order chi connectivity index (χ1) is 5.79. The summed E-state index contributed by atoms with van der Waals surface area (Å²) >= 11 is 0. The highest BCUT2D eigenvalue weighted by atomic mass is 14.9. The number of aromatic amines is 2. The van der Waals surface area contributed by atoms with Crippen LogP contribution in [0.15, 0.2) is 30.7 Å². The van der Waals surface area contributed by atoms with E-state index in [-0.39, 0.29) is 0 Å². The summed E-state index contributed by atoms with van der Waals surface area (Å²) in [6.45, 7) is 3.94. The lowest BCUT2D eigenvalue weighted by Crippen LogP contribution is -1.66. The van der Waals surface area contributed by atoms with Crippen molar-refractivity contribution in [3.05, 3.63) is 42.2 Å². The van der Waals surface area contributed by atoms with Gasteiger partial charge in [-0.25, -0.2) is 4.98 Å². The Morgan fingerprint density at radius 1 is 1.17 bits per heavy atom. The molecule has 0 aliphatic carbocycles. The molecule has 0 amide bonds. The van der Waals surface area contributed by atoms with Gasteiger partial charge in [-0.05, 0) is 26.0 Å². The van der Waals surface area contributed by atoms with E-state index in [2.05, 4.69) is 15.0 Å². The molecule has 0 aliphatic rings. The topological polar surface area (TPSA) is 44.5 Å². The Morgan fingerprint density at radius 3 is 2.17 bits per heavy atom. The normalized spacial score (nSPS) is 8.83. The number of nitrogens with one attached hydrogen (secondary N) is 2. The van der Waals surface area contributed by atoms with E-state index < -0.39 is 0 Å². The highest BCUT2D eigenvalue weighted by Crippen LogP contribution is 1.86. The molecule has 0 bridgehead atoms. The van der Waals surface area contributed by atoms with Crippen molar-refractivity contribution in [3.8, 4) is 0 Å². The average Bonchev–Trinajstić information content (AvgIpc) is 2.63. The van der Waals surface area contributed by atoms with Crippen LogP contribution < -0.4 is 0 Å². The molecular formula is C9H13N3. The molecule has 0 saturated carbocycles. The number of nitrogens with zero attached hydrogens (tertiary/aromatic N) is 1. The first-order valence-electron chi connectivity index (χ1n) is 3.85. The van der Waals surface area contributed by atoms with Gasteiger partial charge in [-0.1, -0.05) is 0 Å². The van der Waals surface area contributed by atoms with Gasteiger partial charge in [-0.2, -0.15) is 0 Å². The molecule has 0 radical (unpaired) electrons. The maximum absolute atomic E-state index is 3.86. The van der Waals surface area contributed by atoms with Crippen LogP contribution in [0, 0.1) is 13.8 Å². The van der Waals surface area contributed by atoms with Crippen molar-refractivity contribution in [2.75, 3.05) is 0 Å². The van der Waals surface area contributed by atoms with Gasteiger partial charge in [0.2, 0.25) is 0 Å². The molecule has 0 aliphatic heterocycles. The van der Waals surface area contributed by atoms with E-state index in [4.69, 9.17) is 0 Å². The van der Waals surface area contributed by atoms with Gasteiger partial charge in [0.15, 0.2) is 0 Å². The molecule has 12 heavy (non-hydrogen) atoms. The predicted octanol–water partition coefficient (Wildman–Crippen LogP) is 2.04. The van der Waals surface area contributed by atoms with E-state index in [1.165, 1.54) is 5.69 Å². The quantitative estimate of drug-likeness (QED) is 0.613. The van der Waals surface area contributed by atoms with Crippen molar-refractivity contribution in [1.82, 2.24) is 15.0 Å². The third-order valence-electron chi connectivity index (χ3n) is 1.39. The summed E-state index contributed by atoms with van der Waals surface area (Å²) in [4.78, 5) is 9.75. The van der Waals surface area contributed by atoms with Gasteiger partial charge in [0.25, 0.3) is 0 Å². The summed E-state index contributed by atoms with van der Waals surface area (Å²) in [6, 6.07) is 4.01. The Morgan fingerprint density at radius 2 is 2.00 bits per heavy atom. The van der Waals surface area contributed by atoms with Gasteiger partial charge < -0.3 is 9.97 Å². The van der Waals surface area contributed by atoms with Crippen LogP contribution in [-0.4, -0.2) is 15.0 Å². The molecule has 64 valence electrons. The summed E-state index contributed by atoms with van der Waals surface area (Å²) in [7, 11) is 0. The van der Waals surface area contributed by atoms with Crippen LogP contribution in [0.2, 0.25) is 0 Å². The third kappa shape index (κ3) is 3.05. The molecule has 0 fully saturated rings. The van der Waals surface area contributed by atoms with Crippen LogP contribution >= 0.6 is 0 Å². The monoisotopic (exact) mass is 163 g/mol. The summed E-state index contributed by atoms with van der Waals surface area (Å²) in [6.07, 6.45) is 5.44. The lowest BCUT2D eigenvalue weighted by molar-refractivity contribution is 1.15. The second-order valence-corrected chi connectivity index (χ2v) is 2.53. The zero-order chi connectivity index (χ0) is 8.81. The van der Waals surface area contributed by atoms with E-state index in [0.29, 0.717) is 0 Å². The lowest BCUT2D eigenvalue weighted by atomic mass is 10.5. The highest BCUT2D eigenvalue weighted by Gasteiger charge is 1.73. The number of rotatable bonds is 0. The van der Waals surface area contributed by atoms with E-state index in [1.807, 2.05) is 32.2 Å². The van der Waals surface area contributed by atoms with Crippen LogP contribution in [0.5, 0.6) is 0 Å². The molecule has 0 spiro atoms. The fraction of sp³-hybridized carbons (Fsp3) is 0.222. The number of aryl methyl sites for hydroxylation is 2. The molecule has 2 aromatic rings. The minimum atomic E-state index is 0.968. The van der Waals surface area contributed by atoms with Crippen molar-refractivity contribution in [2.24, 2.45) is 0 Å². The zero-order valence-electron chi connectivity index (χ0n) is 7.33. The number of hydrogen-bond donors (Lipinski definition) is 2. The standard InChI is InChI=1S/C5H7N.C4H6N2/c1-5-3-2-4-6-5;1-4-5-2-3-6-4/h2-4,6H,1H3;2-3H,1H3,(H,5,6). The Bertz CT molecular complexity index is 249. The van der Waals surface area contributed by atoms with Crippen molar-refractivity contribution in [2.45, 2.75) is 13.8 Å². The van der Waals surface area contributed by atoms with Crippen LogP contribution in [-0.2, 0) is 0 Å². The fourth-order valence-electron chi connectivity index (χ4n) is 0.764. The number of H-pyrrole nitrogens is 2. The summed E-state index contributed by atoms with van der Waals surface area (Å²) in [5, 5.41) is 0. The molecular weight excluding hydrogens is 150 g/mol. The second-order valence-electron chi connectivity index (χ2n) is 2.53. The van der Waals surface area contributed by atoms with Crippen molar-refractivity contribution >= 4 is 0 Å². The minimum absolute atomic E-state index is 0.968. The summed E-state index contributed by atoms with van der Waals surface area (Å²) in [5.41, 5.74) is 1.22. The lowest BCUT2D eigenvalue weighted by Gasteiger charge is -1.70. The van der Waals surface area contributed by atoms with Gasteiger partial charge in [-0.3, -0.25) is 0 Å². The molecule has 3 nitrogen and oxygen atoms in total. The molecule has 0 atom stereocenters. The van der Waals surface area contributed by atoms with Gasteiger partial charge in [0, 0.05) is 24.3 Å². The fourth-order valence-corrected chi connectivity index (χ4v) is 0.764. The molecule has 3 heteroatoms. The minimum Gasteiger partial charge on any atom is -0.365 e. The maximum atomic E-state index is 3.86. The highest BCUT2D eigenvalue weighted by molar-refractivity contribution is 4.99. The van der Waals surface area contributed by atoms with E-state index in [9.17, 15) is 0 Å². The molecule has 0 aromatic carbocycles. The summed E-state index contributed by atoms with van der Waals surface area (Å²) < 4.78 is 0. The first kappa shape index (κ1) is 8.59. The maximum Gasteiger partial charge on any atom is 0.102 e. The Kier molecular flexibility index (Phi) is 3.14. The van der Waals surface area contributed by atoms with Crippen LogP contribution in [0.1, 0.15) is 11.5 Å². The second kappa shape index (κ2) is 4.38. The van der Waals surface area contributed by atoms with E-state index in [1.54, 1.807) is 12.4 Å². The molecule has 2 heterocycles. The Balaban J connectivity index is 0.000000120.